The molecule has 1 fully saturated rings. The number of rotatable bonds is 4. The van der Waals surface area contributed by atoms with Crippen LogP contribution in [0.1, 0.15) is 31.2 Å². The van der Waals surface area contributed by atoms with Gasteiger partial charge in [-0.25, -0.2) is 0 Å². The summed E-state index contributed by atoms with van der Waals surface area (Å²) in [6.45, 7) is 1.35. The Morgan fingerprint density at radius 2 is 1.88 bits per heavy atom. The van der Waals surface area contributed by atoms with E-state index in [1.165, 1.54) is 12.0 Å². The summed E-state index contributed by atoms with van der Waals surface area (Å²) in [5.41, 5.74) is 1.20. The van der Waals surface area contributed by atoms with Crippen molar-refractivity contribution in [3.8, 4) is 0 Å². The minimum absolute atomic E-state index is 0.149. The first kappa shape index (κ1) is 11.6. The van der Waals surface area contributed by atoms with E-state index in [1.54, 1.807) is 0 Å². The molecule has 2 heteroatoms. The van der Waals surface area contributed by atoms with Crippen LogP contribution >= 0.6 is 0 Å². The fraction of sp³-hybridized carbons (Fsp3) is 0.571. The lowest BCUT2D eigenvalue weighted by Gasteiger charge is -2.27. The molecule has 1 aliphatic carbocycles. The lowest BCUT2D eigenvalue weighted by molar-refractivity contribution is -0.000323. The fourth-order valence-electron chi connectivity index (χ4n) is 2.28. The predicted molar refractivity (Wildman–Crippen MR) is 64.1 cm³/mol. The Morgan fingerprint density at radius 3 is 2.62 bits per heavy atom. The molecule has 2 rings (SSSR count). The molecular formula is C14H20O2. The molecule has 0 saturated heterocycles. The summed E-state index contributed by atoms with van der Waals surface area (Å²) >= 11 is 0. The smallest absolute Gasteiger partial charge is 0.0717 e. The number of aliphatic hydroxyl groups is 1. The Hall–Kier alpha value is -0.860. The highest BCUT2D eigenvalue weighted by Gasteiger charge is 2.22. The summed E-state index contributed by atoms with van der Waals surface area (Å²) in [6, 6.07) is 10.2. The Labute approximate surface area is 97.3 Å². The number of benzene rings is 1. The van der Waals surface area contributed by atoms with Gasteiger partial charge in [0, 0.05) is 5.92 Å². The monoisotopic (exact) mass is 220 g/mol. The van der Waals surface area contributed by atoms with Gasteiger partial charge in [0.2, 0.25) is 0 Å². The zero-order chi connectivity index (χ0) is 11.2. The van der Waals surface area contributed by atoms with E-state index in [-0.39, 0.29) is 6.10 Å². The highest BCUT2D eigenvalue weighted by Crippen LogP contribution is 2.24. The first-order chi connectivity index (χ1) is 7.86. The molecular weight excluding hydrogens is 200 g/mol. The average Bonchev–Trinajstić information content (AvgIpc) is 2.33. The van der Waals surface area contributed by atoms with Gasteiger partial charge in [-0.05, 0) is 18.4 Å². The first-order valence-electron chi connectivity index (χ1n) is 6.16. The molecule has 0 heterocycles. The maximum absolute atomic E-state index is 9.79. The lowest BCUT2D eigenvalue weighted by atomic mass is 9.87. The van der Waals surface area contributed by atoms with Gasteiger partial charge in [0.1, 0.15) is 0 Å². The maximum atomic E-state index is 9.79. The Bertz CT molecular complexity index is 297. The Morgan fingerprint density at radius 1 is 1.12 bits per heavy atom. The largest absolute Gasteiger partial charge is 0.393 e. The molecule has 0 unspecified atom stereocenters. The summed E-state index contributed by atoms with van der Waals surface area (Å²) in [5, 5.41) is 9.79. The topological polar surface area (TPSA) is 29.5 Å². The second kappa shape index (κ2) is 6.02. The van der Waals surface area contributed by atoms with Gasteiger partial charge < -0.3 is 9.84 Å². The Kier molecular flexibility index (Phi) is 4.37. The van der Waals surface area contributed by atoms with Crippen molar-refractivity contribution in [2.24, 2.45) is 5.92 Å². The van der Waals surface area contributed by atoms with E-state index in [4.69, 9.17) is 4.74 Å². The van der Waals surface area contributed by atoms with Gasteiger partial charge in [-0.3, -0.25) is 0 Å². The first-order valence-corrected chi connectivity index (χ1v) is 6.16. The molecule has 1 N–H and O–H groups in total. The minimum Gasteiger partial charge on any atom is -0.393 e. The number of hydrogen-bond acceptors (Lipinski definition) is 2. The molecule has 0 amide bonds. The van der Waals surface area contributed by atoms with Crippen LogP contribution in [-0.4, -0.2) is 17.8 Å². The maximum Gasteiger partial charge on any atom is 0.0717 e. The SMILES string of the molecule is O[C@H]1CCCC[C@H]1COCc1ccccc1. The van der Waals surface area contributed by atoms with Crippen molar-refractivity contribution < 1.29 is 9.84 Å². The van der Waals surface area contributed by atoms with E-state index in [2.05, 4.69) is 12.1 Å². The fourth-order valence-corrected chi connectivity index (χ4v) is 2.28. The van der Waals surface area contributed by atoms with Crippen LogP contribution in [0.3, 0.4) is 0 Å². The van der Waals surface area contributed by atoms with Gasteiger partial charge in [-0.1, -0.05) is 43.2 Å². The Balaban J connectivity index is 1.71. The van der Waals surface area contributed by atoms with Crippen LogP contribution in [0.15, 0.2) is 30.3 Å². The van der Waals surface area contributed by atoms with Crippen molar-refractivity contribution in [3.05, 3.63) is 35.9 Å². The summed E-state index contributed by atoms with van der Waals surface area (Å²) < 4.78 is 5.67. The van der Waals surface area contributed by atoms with Gasteiger partial charge in [-0.15, -0.1) is 0 Å². The average molecular weight is 220 g/mol. The second-order valence-electron chi connectivity index (χ2n) is 4.61. The molecule has 0 spiro atoms. The van der Waals surface area contributed by atoms with Gasteiger partial charge in [0.15, 0.2) is 0 Å². The van der Waals surface area contributed by atoms with Crippen molar-refractivity contribution in [1.82, 2.24) is 0 Å². The molecule has 0 aliphatic heterocycles. The zero-order valence-electron chi connectivity index (χ0n) is 9.64. The molecule has 0 bridgehead atoms. The van der Waals surface area contributed by atoms with Crippen LogP contribution in [0, 0.1) is 5.92 Å². The van der Waals surface area contributed by atoms with Crippen LogP contribution in [0.5, 0.6) is 0 Å². The standard InChI is InChI=1S/C14H20O2/c15-14-9-5-4-8-13(14)11-16-10-12-6-2-1-3-7-12/h1-3,6-7,13-15H,4-5,8-11H2/t13-,14-/m0/s1. The lowest BCUT2D eigenvalue weighted by Crippen LogP contribution is -2.28. The van der Waals surface area contributed by atoms with E-state index < -0.39 is 0 Å². The van der Waals surface area contributed by atoms with E-state index >= 15 is 0 Å². The number of aliphatic hydroxyl groups excluding tert-OH is 1. The van der Waals surface area contributed by atoms with Crippen molar-refractivity contribution in [2.45, 2.75) is 38.4 Å². The van der Waals surface area contributed by atoms with Gasteiger partial charge in [0.05, 0.1) is 19.3 Å². The van der Waals surface area contributed by atoms with Crippen molar-refractivity contribution in [2.75, 3.05) is 6.61 Å². The molecule has 16 heavy (non-hydrogen) atoms. The predicted octanol–water partition coefficient (Wildman–Crippen LogP) is 2.75. The molecule has 0 aromatic heterocycles. The molecule has 0 radical (unpaired) electrons. The summed E-state index contributed by atoms with van der Waals surface area (Å²) in [5.74, 6) is 0.345. The second-order valence-corrected chi connectivity index (χ2v) is 4.61. The third-order valence-corrected chi connectivity index (χ3v) is 3.31. The van der Waals surface area contributed by atoms with Crippen molar-refractivity contribution >= 4 is 0 Å². The van der Waals surface area contributed by atoms with Crippen LogP contribution in [0.4, 0.5) is 0 Å². The van der Waals surface area contributed by atoms with Crippen molar-refractivity contribution in [1.29, 1.82) is 0 Å². The van der Waals surface area contributed by atoms with E-state index in [0.29, 0.717) is 19.1 Å². The third kappa shape index (κ3) is 3.32. The molecule has 2 nitrogen and oxygen atoms in total. The molecule has 1 aromatic carbocycles. The molecule has 1 saturated carbocycles. The zero-order valence-corrected chi connectivity index (χ0v) is 9.64. The third-order valence-electron chi connectivity index (χ3n) is 3.31. The van der Waals surface area contributed by atoms with Crippen molar-refractivity contribution in [3.63, 3.8) is 0 Å². The van der Waals surface area contributed by atoms with Crippen LogP contribution in [0.25, 0.3) is 0 Å². The number of hydrogen-bond donors (Lipinski definition) is 1. The molecule has 1 aromatic rings. The summed E-state index contributed by atoms with van der Waals surface area (Å²) in [4.78, 5) is 0. The quantitative estimate of drug-likeness (QED) is 0.845. The van der Waals surface area contributed by atoms with Gasteiger partial charge >= 0.3 is 0 Å². The van der Waals surface area contributed by atoms with Gasteiger partial charge in [0.25, 0.3) is 0 Å². The van der Waals surface area contributed by atoms with E-state index in [1.807, 2.05) is 18.2 Å². The highest BCUT2D eigenvalue weighted by atomic mass is 16.5. The van der Waals surface area contributed by atoms with E-state index in [9.17, 15) is 5.11 Å². The normalized spacial score (nSPS) is 25.6. The highest BCUT2D eigenvalue weighted by molar-refractivity contribution is 5.13. The van der Waals surface area contributed by atoms with Crippen LogP contribution in [-0.2, 0) is 11.3 Å². The van der Waals surface area contributed by atoms with E-state index in [0.717, 1.165) is 19.3 Å². The molecule has 2 atom stereocenters. The van der Waals surface area contributed by atoms with Gasteiger partial charge in [-0.2, -0.15) is 0 Å². The minimum atomic E-state index is -0.149. The number of ether oxygens (including phenoxy) is 1. The van der Waals surface area contributed by atoms with Crippen LogP contribution in [0.2, 0.25) is 0 Å². The van der Waals surface area contributed by atoms with Crippen LogP contribution < -0.4 is 0 Å². The molecule has 88 valence electrons. The summed E-state index contributed by atoms with van der Waals surface area (Å²) in [7, 11) is 0. The molecule has 1 aliphatic rings. The summed E-state index contributed by atoms with van der Waals surface area (Å²) in [6.07, 6.45) is 4.30.